The number of nitrogens with one attached hydrogen (secondary N) is 2. The molecule has 1 atom stereocenters. The lowest BCUT2D eigenvalue weighted by molar-refractivity contribution is -0.123. The van der Waals surface area contributed by atoms with Gasteiger partial charge in [0.15, 0.2) is 0 Å². The zero-order chi connectivity index (χ0) is 17.6. The van der Waals surface area contributed by atoms with Gasteiger partial charge < -0.3 is 15.4 Å². The van der Waals surface area contributed by atoms with Crippen LogP contribution in [-0.2, 0) is 14.3 Å². The Morgan fingerprint density at radius 2 is 2.08 bits per heavy atom. The minimum absolute atomic E-state index is 0.0523. The average Bonchev–Trinajstić information content (AvgIpc) is 3.07. The van der Waals surface area contributed by atoms with E-state index in [0.29, 0.717) is 6.54 Å². The molecule has 0 saturated carbocycles. The number of thiophene rings is 1. The molecule has 0 radical (unpaired) electrons. The van der Waals surface area contributed by atoms with Gasteiger partial charge in [0.1, 0.15) is 0 Å². The molecule has 2 amide bonds. The molecule has 24 heavy (non-hydrogen) atoms. The molecule has 0 bridgehead atoms. The van der Waals surface area contributed by atoms with Gasteiger partial charge in [-0.25, -0.2) is 0 Å². The number of morpholine rings is 1. The normalized spacial score (nSPS) is 17.3. The van der Waals surface area contributed by atoms with E-state index in [9.17, 15) is 9.59 Å². The SMILES string of the molecule is CC(=O)N[C@@H](CC(=O)NCC(C)(C)N1CCOCC1)c1cccs1. The summed E-state index contributed by atoms with van der Waals surface area (Å²) in [5, 5.41) is 7.82. The van der Waals surface area contributed by atoms with Crippen molar-refractivity contribution in [1.29, 1.82) is 0 Å². The van der Waals surface area contributed by atoms with Gasteiger partial charge in [-0.1, -0.05) is 6.07 Å². The minimum atomic E-state index is -0.269. The van der Waals surface area contributed by atoms with Crippen molar-refractivity contribution >= 4 is 23.2 Å². The van der Waals surface area contributed by atoms with Crippen LogP contribution < -0.4 is 10.6 Å². The standard InChI is InChI=1S/C17H27N3O3S/c1-13(21)19-14(15-5-4-10-24-15)11-16(22)18-12-17(2,3)20-6-8-23-9-7-20/h4-5,10,14H,6-9,11-12H2,1-3H3,(H,18,22)(H,19,21)/t14-/m0/s1. The van der Waals surface area contributed by atoms with Gasteiger partial charge in [0.25, 0.3) is 0 Å². The molecule has 1 aliphatic rings. The third-order valence-corrected chi connectivity index (χ3v) is 5.22. The van der Waals surface area contributed by atoms with E-state index >= 15 is 0 Å². The van der Waals surface area contributed by atoms with Crippen LogP contribution >= 0.6 is 11.3 Å². The maximum atomic E-state index is 12.4. The van der Waals surface area contributed by atoms with Crippen LogP contribution in [0.4, 0.5) is 0 Å². The fraction of sp³-hybridized carbons (Fsp3) is 0.647. The highest BCUT2D eigenvalue weighted by molar-refractivity contribution is 7.10. The summed E-state index contributed by atoms with van der Waals surface area (Å²) in [6.45, 7) is 9.54. The molecule has 2 rings (SSSR count). The van der Waals surface area contributed by atoms with Crippen molar-refractivity contribution in [3.8, 4) is 0 Å². The van der Waals surface area contributed by atoms with Crippen molar-refractivity contribution < 1.29 is 14.3 Å². The van der Waals surface area contributed by atoms with E-state index in [0.717, 1.165) is 31.2 Å². The third-order valence-electron chi connectivity index (χ3n) is 4.24. The molecule has 1 aromatic rings. The van der Waals surface area contributed by atoms with E-state index in [-0.39, 0.29) is 29.8 Å². The van der Waals surface area contributed by atoms with Crippen molar-refractivity contribution in [3.63, 3.8) is 0 Å². The number of ether oxygens (including phenoxy) is 1. The van der Waals surface area contributed by atoms with E-state index in [4.69, 9.17) is 4.74 Å². The molecule has 1 saturated heterocycles. The zero-order valence-corrected chi connectivity index (χ0v) is 15.4. The second-order valence-electron chi connectivity index (χ2n) is 6.66. The summed E-state index contributed by atoms with van der Waals surface area (Å²) in [5.74, 6) is -0.182. The Balaban J connectivity index is 1.87. The predicted octanol–water partition coefficient (Wildman–Crippen LogP) is 1.54. The quantitative estimate of drug-likeness (QED) is 0.780. The second kappa shape index (κ2) is 8.60. The summed E-state index contributed by atoms with van der Waals surface area (Å²) in [6, 6.07) is 3.60. The molecule has 1 aromatic heterocycles. The van der Waals surface area contributed by atoms with Crippen LogP contribution in [0, 0.1) is 0 Å². The fourth-order valence-corrected chi connectivity index (χ4v) is 3.59. The van der Waals surface area contributed by atoms with Crippen LogP contribution in [0.25, 0.3) is 0 Å². The first kappa shape index (κ1) is 18.9. The monoisotopic (exact) mass is 353 g/mol. The van der Waals surface area contributed by atoms with Gasteiger partial charge in [-0.15, -0.1) is 11.3 Å². The Labute approximate surface area is 147 Å². The summed E-state index contributed by atoms with van der Waals surface area (Å²) >= 11 is 1.54. The summed E-state index contributed by atoms with van der Waals surface area (Å²) in [5.41, 5.74) is -0.119. The number of carbonyl (C=O) groups is 2. The molecule has 1 fully saturated rings. The fourth-order valence-electron chi connectivity index (χ4n) is 2.81. The van der Waals surface area contributed by atoms with Gasteiger partial charge in [-0.05, 0) is 25.3 Å². The molecule has 1 aliphatic heterocycles. The Morgan fingerprint density at radius 3 is 2.67 bits per heavy atom. The van der Waals surface area contributed by atoms with Crippen molar-refractivity contribution in [2.45, 2.75) is 38.8 Å². The first-order chi connectivity index (χ1) is 11.4. The largest absolute Gasteiger partial charge is 0.379 e. The van der Waals surface area contributed by atoms with Gasteiger partial charge in [-0.3, -0.25) is 14.5 Å². The lowest BCUT2D eigenvalue weighted by atomic mass is 10.0. The van der Waals surface area contributed by atoms with Crippen molar-refractivity contribution in [2.75, 3.05) is 32.8 Å². The smallest absolute Gasteiger partial charge is 0.222 e. The average molecular weight is 353 g/mol. The van der Waals surface area contributed by atoms with Gasteiger partial charge >= 0.3 is 0 Å². The maximum Gasteiger partial charge on any atom is 0.222 e. The van der Waals surface area contributed by atoms with Gasteiger partial charge in [0.2, 0.25) is 11.8 Å². The van der Waals surface area contributed by atoms with Crippen molar-refractivity contribution in [1.82, 2.24) is 15.5 Å². The molecule has 2 heterocycles. The van der Waals surface area contributed by atoms with E-state index in [1.54, 1.807) is 11.3 Å². The molecule has 7 heteroatoms. The third kappa shape index (κ3) is 5.58. The Morgan fingerprint density at radius 1 is 1.38 bits per heavy atom. The van der Waals surface area contributed by atoms with Gasteiger partial charge in [0.05, 0.1) is 25.7 Å². The lowest BCUT2D eigenvalue weighted by Crippen LogP contribution is -2.55. The maximum absolute atomic E-state index is 12.4. The number of hydrogen-bond acceptors (Lipinski definition) is 5. The molecule has 0 aliphatic carbocycles. The summed E-state index contributed by atoms with van der Waals surface area (Å²) in [7, 11) is 0. The zero-order valence-electron chi connectivity index (χ0n) is 14.6. The summed E-state index contributed by atoms with van der Waals surface area (Å²) in [6.07, 6.45) is 0.249. The minimum Gasteiger partial charge on any atom is -0.379 e. The highest BCUT2D eigenvalue weighted by Gasteiger charge is 2.29. The van der Waals surface area contributed by atoms with Crippen molar-refractivity contribution in [2.24, 2.45) is 0 Å². The van der Waals surface area contributed by atoms with Crippen LogP contribution in [-0.4, -0.2) is 55.1 Å². The Hall–Kier alpha value is -1.44. The number of nitrogens with zero attached hydrogens (tertiary/aromatic N) is 1. The van der Waals surface area contributed by atoms with Crippen LogP contribution in [0.2, 0.25) is 0 Å². The number of amides is 2. The molecule has 0 unspecified atom stereocenters. The molecule has 0 spiro atoms. The molecule has 6 nitrogen and oxygen atoms in total. The van der Waals surface area contributed by atoms with Crippen LogP contribution in [0.5, 0.6) is 0 Å². The second-order valence-corrected chi connectivity index (χ2v) is 7.64. The highest BCUT2D eigenvalue weighted by Crippen LogP contribution is 2.22. The van der Waals surface area contributed by atoms with Crippen LogP contribution in [0.3, 0.4) is 0 Å². The Kier molecular flexibility index (Phi) is 6.77. The van der Waals surface area contributed by atoms with E-state index in [1.807, 2.05) is 17.5 Å². The number of carbonyl (C=O) groups excluding carboxylic acids is 2. The lowest BCUT2D eigenvalue weighted by Gasteiger charge is -2.40. The first-order valence-corrected chi connectivity index (χ1v) is 9.16. The highest BCUT2D eigenvalue weighted by atomic mass is 32.1. The molecule has 134 valence electrons. The molecular weight excluding hydrogens is 326 g/mol. The van der Waals surface area contributed by atoms with E-state index in [1.165, 1.54) is 6.92 Å². The summed E-state index contributed by atoms with van der Waals surface area (Å²) in [4.78, 5) is 27.1. The first-order valence-electron chi connectivity index (χ1n) is 8.28. The van der Waals surface area contributed by atoms with Crippen molar-refractivity contribution in [3.05, 3.63) is 22.4 Å². The molecule has 0 aromatic carbocycles. The van der Waals surface area contributed by atoms with Gasteiger partial charge in [0, 0.05) is 37.0 Å². The summed E-state index contributed by atoms with van der Waals surface area (Å²) < 4.78 is 5.38. The van der Waals surface area contributed by atoms with Gasteiger partial charge in [-0.2, -0.15) is 0 Å². The van der Waals surface area contributed by atoms with E-state index in [2.05, 4.69) is 29.4 Å². The predicted molar refractivity (Wildman–Crippen MR) is 95.0 cm³/mol. The molecule has 2 N–H and O–H groups in total. The topological polar surface area (TPSA) is 70.7 Å². The van der Waals surface area contributed by atoms with E-state index < -0.39 is 0 Å². The van der Waals surface area contributed by atoms with Crippen LogP contribution in [0.15, 0.2) is 17.5 Å². The number of hydrogen-bond donors (Lipinski definition) is 2. The number of rotatable bonds is 7. The molecular formula is C17H27N3O3S. The Bertz CT molecular complexity index is 539. The van der Waals surface area contributed by atoms with Crippen LogP contribution in [0.1, 0.15) is 38.1 Å².